The fourth-order valence-electron chi connectivity index (χ4n) is 2.47. The van der Waals surface area contributed by atoms with Gasteiger partial charge >= 0.3 is 0 Å². The van der Waals surface area contributed by atoms with Crippen molar-refractivity contribution < 1.29 is 4.79 Å². The van der Waals surface area contributed by atoms with Crippen molar-refractivity contribution in [3.05, 3.63) is 18.0 Å². The van der Waals surface area contributed by atoms with Crippen molar-refractivity contribution in [2.75, 3.05) is 6.54 Å². The van der Waals surface area contributed by atoms with Gasteiger partial charge in [0, 0.05) is 25.4 Å². The Labute approximate surface area is 108 Å². The Kier molecular flexibility index (Phi) is 3.71. The number of amides is 1. The van der Waals surface area contributed by atoms with Gasteiger partial charge in [-0.05, 0) is 24.7 Å². The van der Waals surface area contributed by atoms with Crippen molar-refractivity contribution >= 4 is 5.91 Å². The van der Waals surface area contributed by atoms with Crippen LogP contribution in [0.3, 0.4) is 0 Å². The molecule has 0 saturated heterocycles. The lowest BCUT2D eigenvalue weighted by Gasteiger charge is -2.41. The fraction of sp³-hybridized carbons (Fsp3) is 0.692. The van der Waals surface area contributed by atoms with Gasteiger partial charge in [-0.25, -0.2) is 0 Å². The molecule has 1 saturated carbocycles. The van der Waals surface area contributed by atoms with Crippen LogP contribution in [-0.2, 0) is 11.8 Å². The second-order valence-electron chi connectivity index (χ2n) is 5.35. The van der Waals surface area contributed by atoms with Crippen molar-refractivity contribution in [1.82, 2.24) is 15.1 Å². The summed E-state index contributed by atoms with van der Waals surface area (Å²) in [5.41, 5.74) is 7.00. The fourth-order valence-corrected chi connectivity index (χ4v) is 2.47. The highest BCUT2D eigenvalue weighted by Gasteiger charge is 2.35. The first-order valence-electron chi connectivity index (χ1n) is 6.58. The minimum atomic E-state index is -0.618. The van der Waals surface area contributed by atoms with Crippen LogP contribution in [0.15, 0.2) is 12.4 Å². The first-order chi connectivity index (χ1) is 8.56. The van der Waals surface area contributed by atoms with Crippen LogP contribution in [0.2, 0.25) is 0 Å². The van der Waals surface area contributed by atoms with Gasteiger partial charge in [0.25, 0.3) is 0 Å². The van der Waals surface area contributed by atoms with E-state index < -0.39 is 6.04 Å². The number of carbonyl (C=O) groups is 1. The maximum Gasteiger partial charge on any atom is 0.241 e. The van der Waals surface area contributed by atoms with E-state index in [1.165, 1.54) is 19.3 Å². The summed E-state index contributed by atoms with van der Waals surface area (Å²) in [6.07, 6.45) is 8.25. The van der Waals surface area contributed by atoms with Crippen LogP contribution in [0, 0.1) is 5.41 Å². The van der Waals surface area contributed by atoms with Gasteiger partial charge in [-0.15, -0.1) is 0 Å². The van der Waals surface area contributed by atoms with E-state index in [0.717, 1.165) is 18.5 Å². The number of nitrogens with one attached hydrogen (secondary N) is 1. The number of nitrogens with zero attached hydrogens (tertiary/aromatic N) is 2. The molecule has 1 amide bonds. The Morgan fingerprint density at radius 2 is 2.39 bits per heavy atom. The van der Waals surface area contributed by atoms with Gasteiger partial charge in [-0.1, -0.05) is 13.3 Å². The largest absolute Gasteiger partial charge is 0.354 e. The second kappa shape index (κ2) is 5.10. The normalized spacial score (nSPS) is 19.1. The molecule has 1 fully saturated rings. The van der Waals surface area contributed by atoms with Crippen LogP contribution in [0.5, 0.6) is 0 Å². The van der Waals surface area contributed by atoms with E-state index in [-0.39, 0.29) is 5.91 Å². The third-order valence-corrected chi connectivity index (χ3v) is 4.17. The van der Waals surface area contributed by atoms with Gasteiger partial charge in [-0.3, -0.25) is 9.48 Å². The minimum absolute atomic E-state index is 0.109. The van der Waals surface area contributed by atoms with Crippen molar-refractivity contribution in [3.8, 4) is 0 Å². The molecule has 0 spiro atoms. The summed E-state index contributed by atoms with van der Waals surface area (Å²) in [6, 6.07) is -0.618. The topological polar surface area (TPSA) is 72.9 Å². The summed E-state index contributed by atoms with van der Waals surface area (Å²) in [5, 5.41) is 7.01. The molecule has 1 aromatic rings. The van der Waals surface area contributed by atoms with Crippen LogP contribution in [0.1, 0.15) is 44.2 Å². The Morgan fingerprint density at radius 1 is 1.67 bits per heavy atom. The van der Waals surface area contributed by atoms with E-state index in [4.69, 9.17) is 5.73 Å². The van der Waals surface area contributed by atoms with Crippen LogP contribution in [0.4, 0.5) is 0 Å². The van der Waals surface area contributed by atoms with Crippen molar-refractivity contribution in [2.45, 2.75) is 38.6 Å². The zero-order valence-electron chi connectivity index (χ0n) is 11.1. The van der Waals surface area contributed by atoms with Gasteiger partial charge in [0.1, 0.15) is 6.04 Å². The average Bonchev–Trinajstić information content (AvgIpc) is 2.74. The van der Waals surface area contributed by atoms with E-state index in [9.17, 15) is 4.79 Å². The maximum atomic E-state index is 12.0. The number of nitrogens with two attached hydrogens (primary N) is 1. The zero-order valence-corrected chi connectivity index (χ0v) is 11.1. The highest BCUT2D eigenvalue weighted by atomic mass is 16.2. The molecule has 2 rings (SSSR count). The van der Waals surface area contributed by atoms with Gasteiger partial charge in [0.15, 0.2) is 0 Å². The summed E-state index contributed by atoms with van der Waals surface area (Å²) in [7, 11) is 1.81. The highest BCUT2D eigenvalue weighted by molar-refractivity contribution is 5.82. The van der Waals surface area contributed by atoms with E-state index in [1.54, 1.807) is 17.1 Å². The van der Waals surface area contributed by atoms with E-state index >= 15 is 0 Å². The summed E-state index contributed by atoms with van der Waals surface area (Å²) in [6.45, 7) is 2.93. The van der Waals surface area contributed by atoms with Crippen LogP contribution < -0.4 is 11.1 Å². The second-order valence-corrected chi connectivity index (χ2v) is 5.35. The van der Waals surface area contributed by atoms with E-state index in [1.807, 2.05) is 7.05 Å². The molecule has 100 valence electrons. The summed E-state index contributed by atoms with van der Waals surface area (Å²) in [4.78, 5) is 12.0. The van der Waals surface area contributed by atoms with Crippen LogP contribution >= 0.6 is 0 Å². The lowest BCUT2D eigenvalue weighted by Crippen LogP contribution is -2.44. The Hall–Kier alpha value is -1.36. The number of aromatic nitrogens is 2. The van der Waals surface area contributed by atoms with Gasteiger partial charge in [0.05, 0.1) is 6.20 Å². The molecule has 0 aromatic carbocycles. The molecule has 0 radical (unpaired) electrons. The number of rotatable bonds is 5. The van der Waals surface area contributed by atoms with E-state index in [0.29, 0.717) is 5.41 Å². The smallest absolute Gasteiger partial charge is 0.241 e. The summed E-state index contributed by atoms with van der Waals surface area (Å²) >= 11 is 0. The molecule has 1 atom stereocenters. The van der Waals surface area contributed by atoms with Crippen molar-refractivity contribution in [3.63, 3.8) is 0 Å². The lowest BCUT2D eigenvalue weighted by molar-refractivity contribution is -0.123. The lowest BCUT2D eigenvalue weighted by atomic mass is 9.67. The quantitative estimate of drug-likeness (QED) is 0.822. The number of hydrogen-bond donors (Lipinski definition) is 2. The predicted octanol–water partition coefficient (Wildman–Crippen LogP) is 1.12. The zero-order chi connectivity index (χ0) is 13.2. The minimum Gasteiger partial charge on any atom is -0.354 e. The molecular formula is C13H22N4O. The molecule has 1 heterocycles. The van der Waals surface area contributed by atoms with Gasteiger partial charge in [-0.2, -0.15) is 5.10 Å². The SMILES string of the molecule is CCC1(CNC(=O)C(N)c2cnn(C)c2)CCC1. The first kappa shape index (κ1) is 13.1. The summed E-state index contributed by atoms with van der Waals surface area (Å²) < 4.78 is 1.65. The van der Waals surface area contributed by atoms with Crippen molar-refractivity contribution in [2.24, 2.45) is 18.2 Å². The third kappa shape index (κ3) is 2.56. The molecule has 1 unspecified atom stereocenters. The van der Waals surface area contributed by atoms with E-state index in [2.05, 4.69) is 17.3 Å². The third-order valence-electron chi connectivity index (χ3n) is 4.17. The Morgan fingerprint density at radius 3 is 2.83 bits per heavy atom. The number of hydrogen-bond acceptors (Lipinski definition) is 3. The molecule has 1 aliphatic rings. The van der Waals surface area contributed by atoms with Crippen LogP contribution in [0.25, 0.3) is 0 Å². The van der Waals surface area contributed by atoms with Crippen LogP contribution in [-0.4, -0.2) is 22.2 Å². The average molecular weight is 250 g/mol. The molecule has 18 heavy (non-hydrogen) atoms. The summed E-state index contributed by atoms with van der Waals surface area (Å²) in [5.74, 6) is -0.109. The van der Waals surface area contributed by atoms with Crippen molar-refractivity contribution in [1.29, 1.82) is 0 Å². The monoisotopic (exact) mass is 250 g/mol. The maximum absolute atomic E-state index is 12.0. The molecule has 5 heteroatoms. The molecule has 1 aliphatic carbocycles. The number of aryl methyl sites for hydroxylation is 1. The molecule has 0 bridgehead atoms. The van der Waals surface area contributed by atoms with Gasteiger partial charge < -0.3 is 11.1 Å². The van der Waals surface area contributed by atoms with Gasteiger partial charge in [0.2, 0.25) is 5.91 Å². The Bertz CT molecular complexity index is 417. The first-order valence-corrected chi connectivity index (χ1v) is 6.58. The molecule has 1 aromatic heterocycles. The Balaban J connectivity index is 1.88. The molecule has 0 aliphatic heterocycles. The number of carbonyl (C=O) groups excluding carboxylic acids is 1. The molecule has 3 N–H and O–H groups in total. The molecule has 5 nitrogen and oxygen atoms in total. The standard InChI is InChI=1S/C13H22N4O/c1-3-13(5-4-6-13)9-15-12(18)11(14)10-7-16-17(2)8-10/h7-8,11H,3-6,9,14H2,1-2H3,(H,15,18). The predicted molar refractivity (Wildman–Crippen MR) is 69.7 cm³/mol. The molecular weight excluding hydrogens is 228 g/mol. The highest BCUT2D eigenvalue weighted by Crippen LogP contribution is 2.43.